The van der Waals surface area contributed by atoms with Gasteiger partial charge in [-0.2, -0.15) is 5.10 Å². The summed E-state index contributed by atoms with van der Waals surface area (Å²) >= 11 is 0. The van der Waals surface area contributed by atoms with Crippen LogP contribution in [0.2, 0.25) is 0 Å². The van der Waals surface area contributed by atoms with Crippen LogP contribution in [0.25, 0.3) is 0 Å². The van der Waals surface area contributed by atoms with Crippen LogP contribution in [0.3, 0.4) is 0 Å². The first kappa shape index (κ1) is 9.25. The number of nitrogen functional groups attached to an aromatic ring is 1. The molecule has 4 heteroatoms. The lowest BCUT2D eigenvalue weighted by molar-refractivity contribution is 0.0956. The molecule has 0 aliphatic heterocycles. The maximum absolute atomic E-state index is 11.3. The van der Waals surface area contributed by atoms with Crippen LogP contribution < -0.4 is 11.2 Å². The molecule has 4 nitrogen and oxygen atoms in total. The van der Waals surface area contributed by atoms with Gasteiger partial charge in [-0.05, 0) is 19.1 Å². The lowest BCUT2D eigenvalue weighted by Crippen LogP contribution is -2.18. The van der Waals surface area contributed by atoms with Crippen LogP contribution in [0.4, 0.5) is 5.69 Å². The fourth-order valence-electron chi connectivity index (χ4n) is 0.887. The van der Waals surface area contributed by atoms with E-state index in [-0.39, 0.29) is 5.91 Å². The van der Waals surface area contributed by atoms with E-state index in [1.165, 1.54) is 6.21 Å². The van der Waals surface area contributed by atoms with E-state index in [1.54, 1.807) is 31.2 Å². The van der Waals surface area contributed by atoms with Crippen molar-refractivity contribution >= 4 is 17.8 Å². The van der Waals surface area contributed by atoms with E-state index in [2.05, 4.69) is 10.5 Å². The molecule has 0 fully saturated rings. The van der Waals surface area contributed by atoms with E-state index < -0.39 is 0 Å². The Morgan fingerprint density at radius 1 is 1.54 bits per heavy atom. The van der Waals surface area contributed by atoms with Gasteiger partial charge in [0.25, 0.3) is 5.91 Å². The van der Waals surface area contributed by atoms with Crippen LogP contribution in [0.1, 0.15) is 17.3 Å². The Bertz CT molecular complexity index is 333. The van der Waals surface area contributed by atoms with Crippen molar-refractivity contribution in [2.45, 2.75) is 6.92 Å². The predicted octanol–water partition coefficient (Wildman–Crippen LogP) is 1.00. The van der Waals surface area contributed by atoms with Gasteiger partial charge in [-0.1, -0.05) is 12.1 Å². The number of nitrogens with zero attached hydrogens (tertiary/aromatic N) is 1. The zero-order valence-electron chi connectivity index (χ0n) is 7.32. The van der Waals surface area contributed by atoms with Crippen LogP contribution in [0.15, 0.2) is 29.4 Å². The summed E-state index contributed by atoms with van der Waals surface area (Å²) in [5, 5.41) is 3.61. The highest BCUT2D eigenvalue weighted by Crippen LogP contribution is 2.09. The average Bonchev–Trinajstić information content (AvgIpc) is 2.15. The highest BCUT2D eigenvalue weighted by molar-refractivity contribution is 5.99. The summed E-state index contributed by atoms with van der Waals surface area (Å²) in [6, 6.07) is 6.84. The van der Waals surface area contributed by atoms with Crippen molar-refractivity contribution in [3.05, 3.63) is 29.8 Å². The maximum Gasteiger partial charge on any atom is 0.273 e. The molecule has 0 heterocycles. The number of hydrazone groups is 1. The summed E-state index contributed by atoms with van der Waals surface area (Å²) in [5.74, 6) is -0.295. The van der Waals surface area contributed by atoms with Gasteiger partial charge in [-0.3, -0.25) is 4.79 Å². The van der Waals surface area contributed by atoms with Crippen molar-refractivity contribution < 1.29 is 4.79 Å². The lowest BCUT2D eigenvalue weighted by atomic mass is 10.2. The molecule has 0 spiro atoms. The number of amides is 1. The van der Waals surface area contributed by atoms with E-state index in [0.29, 0.717) is 11.3 Å². The van der Waals surface area contributed by atoms with Crippen molar-refractivity contribution in [1.82, 2.24) is 5.43 Å². The number of rotatable bonds is 2. The number of carbonyl (C=O) groups excluding carboxylic acids is 1. The SMILES string of the molecule is C/C=N/NC(=O)c1ccccc1N. The molecule has 0 radical (unpaired) electrons. The third-order valence-corrected chi connectivity index (χ3v) is 1.50. The van der Waals surface area contributed by atoms with Crippen molar-refractivity contribution in [3.8, 4) is 0 Å². The zero-order chi connectivity index (χ0) is 9.68. The standard InChI is InChI=1S/C9H11N3O/c1-2-11-12-9(13)7-5-3-4-6-8(7)10/h2-6H,10H2,1H3,(H,12,13)/b11-2+. The third-order valence-electron chi connectivity index (χ3n) is 1.50. The molecule has 1 aromatic rings. The quantitative estimate of drug-likeness (QED) is 0.402. The molecular weight excluding hydrogens is 166 g/mol. The fourth-order valence-corrected chi connectivity index (χ4v) is 0.887. The van der Waals surface area contributed by atoms with Gasteiger partial charge in [0.15, 0.2) is 0 Å². The van der Waals surface area contributed by atoms with Gasteiger partial charge in [0.1, 0.15) is 0 Å². The molecule has 13 heavy (non-hydrogen) atoms. The molecule has 0 unspecified atom stereocenters. The number of hydrogen-bond acceptors (Lipinski definition) is 3. The second-order valence-corrected chi connectivity index (χ2v) is 2.42. The maximum atomic E-state index is 11.3. The predicted molar refractivity (Wildman–Crippen MR) is 52.5 cm³/mol. The highest BCUT2D eigenvalue weighted by atomic mass is 16.2. The second kappa shape index (κ2) is 4.25. The molecule has 0 bridgehead atoms. The van der Waals surface area contributed by atoms with Gasteiger partial charge in [0.05, 0.1) is 5.56 Å². The van der Waals surface area contributed by atoms with E-state index in [1.807, 2.05) is 0 Å². The molecule has 1 rings (SSSR count). The number of anilines is 1. The molecule has 68 valence electrons. The van der Waals surface area contributed by atoms with Gasteiger partial charge in [-0.15, -0.1) is 0 Å². The summed E-state index contributed by atoms with van der Waals surface area (Å²) in [6.45, 7) is 1.72. The molecule has 0 saturated carbocycles. The lowest BCUT2D eigenvalue weighted by Gasteiger charge is -2.01. The molecule has 3 N–H and O–H groups in total. The van der Waals surface area contributed by atoms with Crippen LogP contribution in [0.5, 0.6) is 0 Å². The van der Waals surface area contributed by atoms with Crippen molar-refractivity contribution in [1.29, 1.82) is 0 Å². The molecule has 0 saturated heterocycles. The molecule has 1 aromatic carbocycles. The van der Waals surface area contributed by atoms with Crippen molar-refractivity contribution in [2.24, 2.45) is 5.10 Å². The van der Waals surface area contributed by atoms with E-state index in [4.69, 9.17) is 5.73 Å². The van der Waals surface area contributed by atoms with E-state index in [9.17, 15) is 4.79 Å². The number of nitrogens with two attached hydrogens (primary N) is 1. The Morgan fingerprint density at radius 3 is 2.85 bits per heavy atom. The number of carbonyl (C=O) groups is 1. The molecule has 0 aromatic heterocycles. The zero-order valence-corrected chi connectivity index (χ0v) is 7.32. The minimum absolute atomic E-state index is 0.295. The number of hydrogen-bond donors (Lipinski definition) is 2. The molecule has 0 atom stereocenters. The normalized spacial score (nSPS) is 10.2. The third kappa shape index (κ3) is 2.30. The second-order valence-electron chi connectivity index (χ2n) is 2.42. The van der Waals surface area contributed by atoms with Crippen molar-refractivity contribution in [3.63, 3.8) is 0 Å². The Kier molecular flexibility index (Phi) is 3.03. The largest absolute Gasteiger partial charge is 0.398 e. The average molecular weight is 177 g/mol. The monoisotopic (exact) mass is 177 g/mol. The van der Waals surface area contributed by atoms with Gasteiger partial charge in [-0.25, -0.2) is 5.43 Å². The summed E-state index contributed by atoms with van der Waals surface area (Å²) in [4.78, 5) is 11.3. The first-order valence-corrected chi connectivity index (χ1v) is 3.88. The smallest absolute Gasteiger partial charge is 0.273 e. The number of nitrogens with one attached hydrogen (secondary N) is 1. The summed E-state index contributed by atoms with van der Waals surface area (Å²) in [5.41, 5.74) is 8.81. The van der Waals surface area contributed by atoms with Gasteiger partial charge < -0.3 is 5.73 Å². The van der Waals surface area contributed by atoms with Gasteiger partial charge >= 0.3 is 0 Å². The van der Waals surface area contributed by atoms with Crippen LogP contribution in [0, 0.1) is 0 Å². The first-order valence-electron chi connectivity index (χ1n) is 3.88. The molecule has 0 aliphatic rings. The van der Waals surface area contributed by atoms with Crippen LogP contribution in [-0.4, -0.2) is 12.1 Å². The molecular formula is C9H11N3O. The summed E-state index contributed by atoms with van der Waals surface area (Å²) < 4.78 is 0. The minimum atomic E-state index is -0.295. The Morgan fingerprint density at radius 2 is 2.23 bits per heavy atom. The molecule has 1 amide bonds. The van der Waals surface area contributed by atoms with Gasteiger partial charge in [0, 0.05) is 11.9 Å². The van der Waals surface area contributed by atoms with E-state index >= 15 is 0 Å². The fraction of sp³-hybridized carbons (Fsp3) is 0.111. The number of para-hydroxylation sites is 1. The summed E-state index contributed by atoms with van der Waals surface area (Å²) in [7, 11) is 0. The van der Waals surface area contributed by atoms with Crippen LogP contribution in [-0.2, 0) is 0 Å². The van der Waals surface area contributed by atoms with Crippen LogP contribution >= 0.6 is 0 Å². The highest BCUT2D eigenvalue weighted by Gasteiger charge is 2.06. The Balaban J connectivity index is 2.83. The van der Waals surface area contributed by atoms with Gasteiger partial charge in [0.2, 0.25) is 0 Å². The minimum Gasteiger partial charge on any atom is -0.398 e. The first-order chi connectivity index (χ1) is 6.25. The number of benzene rings is 1. The Labute approximate surface area is 76.4 Å². The van der Waals surface area contributed by atoms with Crippen molar-refractivity contribution in [2.75, 3.05) is 5.73 Å². The topological polar surface area (TPSA) is 67.5 Å². The molecule has 0 aliphatic carbocycles. The van der Waals surface area contributed by atoms with E-state index in [0.717, 1.165) is 0 Å². The Hall–Kier alpha value is -1.84. The summed E-state index contributed by atoms with van der Waals surface area (Å²) in [6.07, 6.45) is 1.50.